The summed E-state index contributed by atoms with van der Waals surface area (Å²) in [6.07, 6.45) is 4.39. The van der Waals surface area contributed by atoms with E-state index in [1.165, 1.54) is 7.11 Å². The van der Waals surface area contributed by atoms with Crippen LogP contribution in [0.25, 0.3) is 0 Å². The number of esters is 1. The quantitative estimate of drug-likeness (QED) is 0.680. The van der Waals surface area contributed by atoms with Crippen LogP contribution < -0.4 is 10.6 Å². The van der Waals surface area contributed by atoms with E-state index in [9.17, 15) is 4.79 Å². The first-order chi connectivity index (χ1) is 9.17. The Kier molecular flexibility index (Phi) is 4.58. The van der Waals surface area contributed by atoms with Gasteiger partial charge in [0, 0.05) is 18.3 Å². The highest BCUT2D eigenvalue weighted by atomic mass is 32.2. The average Bonchev–Trinajstić information content (AvgIpc) is 2.46. The van der Waals surface area contributed by atoms with E-state index in [1.807, 2.05) is 17.8 Å². The van der Waals surface area contributed by atoms with E-state index in [4.69, 9.17) is 10.5 Å². The number of carbonyl (C=O) groups is 1. The van der Waals surface area contributed by atoms with Crippen molar-refractivity contribution in [1.29, 1.82) is 0 Å². The minimum Gasteiger partial charge on any atom is -0.465 e. The predicted molar refractivity (Wildman–Crippen MR) is 80.9 cm³/mol. The van der Waals surface area contributed by atoms with E-state index in [0.717, 1.165) is 31.6 Å². The molecular formula is C14H20N2O2S. The van der Waals surface area contributed by atoms with E-state index < -0.39 is 0 Å². The van der Waals surface area contributed by atoms with Crippen molar-refractivity contribution < 1.29 is 9.53 Å². The lowest BCUT2D eigenvalue weighted by Gasteiger charge is -2.34. The molecular weight excluding hydrogens is 260 g/mol. The Bertz CT molecular complexity index is 457. The Morgan fingerprint density at radius 2 is 2.11 bits per heavy atom. The van der Waals surface area contributed by atoms with Crippen LogP contribution in [0.5, 0.6) is 0 Å². The second-order valence-corrected chi connectivity index (χ2v) is 5.80. The average molecular weight is 280 g/mol. The molecule has 0 aromatic heterocycles. The molecule has 2 rings (SSSR count). The molecule has 1 fully saturated rings. The number of nitrogen functional groups attached to an aromatic ring is 1. The molecule has 0 spiro atoms. The van der Waals surface area contributed by atoms with Gasteiger partial charge in [0.15, 0.2) is 0 Å². The SMILES string of the molecule is COC(=O)c1cccc(N)c1N1CCC(SC)CC1. The van der Waals surface area contributed by atoms with Gasteiger partial charge in [0.1, 0.15) is 0 Å². The first-order valence-corrected chi connectivity index (χ1v) is 7.70. The number of nitrogens with two attached hydrogens (primary N) is 1. The van der Waals surface area contributed by atoms with Crippen molar-refractivity contribution in [3.8, 4) is 0 Å². The van der Waals surface area contributed by atoms with Gasteiger partial charge in [0.05, 0.1) is 24.0 Å². The highest BCUT2D eigenvalue weighted by Gasteiger charge is 2.24. The van der Waals surface area contributed by atoms with Gasteiger partial charge in [-0.3, -0.25) is 0 Å². The van der Waals surface area contributed by atoms with Crippen LogP contribution in [0.3, 0.4) is 0 Å². The standard InChI is InChI=1S/C14H20N2O2S/c1-18-14(17)11-4-3-5-12(15)13(11)16-8-6-10(19-2)7-9-16/h3-5,10H,6-9,15H2,1-2H3. The third kappa shape index (κ3) is 2.97. The summed E-state index contributed by atoms with van der Waals surface area (Å²) in [5, 5.41) is 0.711. The molecule has 0 atom stereocenters. The lowest BCUT2D eigenvalue weighted by molar-refractivity contribution is 0.0601. The zero-order valence-electron chi connectivity index (χ0n) is 11.4. The van der Waals surface area contributed by atoms with E-state index >= 15 is 0 Å². The molecule has 2 N–H and O–H groups in total. The predicted octanol–water partition coefficient (Wildman–Crippen LogP) is 2.39. The van der Waals surface area contributed by atoms with Crippen LogP contribution in [-0.4, -0.2) is 37.7 Å². The Morgan fingerprint density at radius 3 is 2.68 bits per heavy atom. The summed E-state index contributed by atoms with van der Waals surface area (Å²) in [6.45, 7) is 1.87. The van der Waals surface area contributed by atoms with Crippen LogP contribution in [0.4, 0.5) is 11.4 Å². The van der Waals surface area contributed by atoms with Gasteiger partial charge in [-0.25, -0.2) is 4.79 Å². The van der Waals surface area contributed by atoms with Crippen molar-refractivity contribution in [1.82, 2.24) is 0 Å². The molecule has 5 heteroatoms. The molecule has 19 heavy (non-hydrogen) atoms. The van der Waals surface area contributed by atoms with Crippen molar-refractivity contribution in [3.63, 3.8) is 0 Å². The van der Waals surface area contributed by atoms with Gasteiger partial charge in [-0.05, 0) is 31.2 Å². The molecule has 104 valence electrons. The third-order valence-corrected chi connectivity index (χ3v) is 4.70. The molecule has 0 radical (unpaired) electrons. The van der Waals surface area contributed by atoms with Gasteiger partial charge in [0.25, 0.3) is 0 Å². The Morgan fingerprint density at radius 1 is 1.42 bits per heavy atom. The Balaban J connectivity index is 2.26. The third-order valence-electron chi connectivity index (χ3n) is 3.56. The second-order valence-electron chi connectivity index (χ2n) is 4.66. The van der Waals surface area contributed by atoms with Crippen molar-refractivity contribution >= 4 is 29.1 Å². The summed E-state index contributed by atoms with van der Waals surface area (Å²) in [6, 6.07) is 5.40. The molecule has 1 aliphatic heterocycles. The summed E-state index contributed by atoms with van der Waals surface area (Å²) in [4.78, 5) is 14.0. The molecule has 1 saturated heterocycles. The van der Waals surface area contributed by atoms with Gasteiger partial charge in [-0.15, -0.1) is 0 Å². The first kappa shape index (κ1) is 14.1. The zero-order valence-corrected chi connectivity index (χ0v) is 12.2. The van der Waals surface area contributed by atoms with Gasteiger partial charge in [-0.2, -0.15) is 11.8 Å². The monoisotopic (exact) mass is 280 g/mol. The van der Waals surface area contributed by atoms with Gasteiger partial charge in [-0.1, -0.05) is 6.07 Å². The van der Waals surface area contributed by atoms with Crippen molar-refractivity contribution in [2.24, 2.45) is 0 Å². The highest BCUT2D eigenvalue weighted by molar-refractivity contribution is 7.99. The summed E-state index contributed by atoms with van der Waals surface area (Å²) >= 11 is 1.91. The van der Waals surface area contributed by atoms with Gasteiger partial charge >= 0.3 is 5.97 Å². The zero-order chi connectivity index (χ0) is 13.8. The number of benzene rings is 1. The van der Waals surface area contributed by atoms with Crippen LogP contribution in [-0.2, 0) is 4.74 Å². The Hall–Kier alpha value is -1.36. The number of hydrogen-bond acceptors (Lipinski definition) is 5. The second kappa shape index (κ2) is 6.19. The topological polar surface area (TPSA) is 55.6 Å². The molecule has 1 heterocycles. The van der Waals surface area contributed by atoms with E-state index in [-0.39, 0.29) is 5.97 Å². The van der Waals surface area contributed by atoms with Gasteiger partial charge in [0.2, 0.25) is 0 Å². The Labute approximate surface area is 118 Å². The number of thioether (sulfide) groups is 1. The number of hydrogen-bond donors (Lipinski definition) is 1. The van der Waals surface area contributed by atoms with Crippen molar-refractivity contribution in [3.05, 3.63) is 23.8 Å². The summed E-state index contributed by atoms with van der Waals surface area (Å²) in [5.74, 6) is -0.325. The molecule has 0 amide bonds. The van der Waals surface area contributed by atoms with E-state index in [2.05, 4.69) is 11.2 Å². The molecule has 0 saturated carbocycles. The lowest BCUT2D eigenvalue weighted by Crippen LogP contribution is -2.36. The largest absolute Gasteiger partial charge is 0.465 e. The van der Waals surface area contributed by atoms with Crippen LogP contribution in [0.15, 0.2) is 18.2 Å². The molecule has 1 aliphatic rings. The van der Waals surface area contributed by atoms with Crippen LogP contribution >= 0.6 is 11.8 Å². The number of methoxy groups -OCH3 is 1. The number of rotatable bonds is 3. The number of anilines is 2. The number of ether oxygens (including phenoxy) is 1. The smallest absolute Gasteiger partial charge is 0.340 e. The maximum atomic E-state index is 11.8. The first-order valence-electron chi connectivity index (χ1n) is 6.42. The van der Waals surface area contributed by atoms with Crippen LogP contribution in [0, 0.1) is 0 Å². The molecule has 0 aliphatic carbocycles. The van der Waals surface area contributed by atoms with E-state index in [0.29, 0.717) is 16.5 Å². The normalized spacial score (nSPS) is 16.4. The fourth-order valence-corrected chi connectivity index (χ4v) is 3.19. The maximum absolute atomic E-state index is 11.8. The number of carbonyl (C=O) groups excluding carboxylic acids is 1. The fourth-order valence-electron chi connectivity index (χ4n) is 2.50. The maximum Gasteiger partial charge on any atom is 0.340 e. The molecule has 1 aromatic carbocycles. The van der Waals surface area contributed by atoms with Gasteiger partial charge < -0.3 is 15.4 Å². The van der Waals surface area contributed by atoms with Crippen LogP contribution in [0.1, 0.15) is 23.2 Å². The summed E-state index contributed by atoms with van der Waals surface area (Å²) < 4.78 is 4.84. The number of nitrogens with zero attached hydrogens (tertiary/aromatic N) is 1. The molecule has 4 nitrogen and oxygen atoms in total. The van der Waals surface area contributed by atoms with Crippen LogP contribution in [0.2, 0.25) is 0 Å². The summed E-state index contributed by atoms with van der Waals surface area (Å²) in [5.41, 5.74) is 8.09. The fraction of sp³-hybridized carbons (Fsp3) is 0.500. The lowest BCUT2D eigenvalue weighted by atomic mass is 10.1. The van der Waals surface area contributed by atoms with Crippen molar-refractivity contribution in [2.75, 3.05) is 37.1 Å². The highest BCUT2D eigenvalue weighted by Crippen LogP contribution is 2.32. The minimum absolute atomic E-state index is 0.325. The summed E-state index contributed by atoms with van der Waals surface area (Å²) in [7, 11) is 1.40. The number of piperidine rings is 1. The molecule has 0 unspecified atom stereocenters. The molecule has 1 aromatic rings. The minimum atomic E-state index is -0.325. The van der Waals surface area contributed by atoms with E-state index in [1.54, 1.807) is 12.1 Å². The van der Waals surface area contributed by atoms with Crippen molar-refractivity contribution in [2.45, 2.75) is 18.1 Å². The number of para-hydroxylation sites is 1. The molecule has 0 bridgehead atoms.